The minimum atomic E-state index is 0.741. The Labute approximate surface area is 98.6 Å². The lowest BCUT2D eigenvalue weighted by Crippen LogP contribution is -2.14. The van der Waals surface area contributed by atoms with Crippen molar-refractivity contribution < 1.29 is 0 Å². The largest absolute Gasteiger partial charge is 0.308 e. The molecule has 0 atom stereocenters. The van der Waals surface area contributed by atoms with E-state index in [0.29, 0.717) is 0 Å². The topological polar surface area (TPSA) is 37.8 Å². The summed E-state index contributed by atoms with van der Waals surface area (Å²) in [5, 5.41) is 6.73. The molecule has 0 amide bonds. The smallest absolute Gasteiger partial charge is 0.107 e. The number of hydrogen-bond donors (Lipinski definition) is 1. The Balaban J connectivity index is 1.71. The Morgan fingerprint density at radius 3 is 3.12 bits per heavy atom. The molecule has 0 radical (unpaired) electrons. The molecule has 0 spiro atoms. The van der Waals surface area contributed by atoms with E-state index in [4.69, 9.17) is 0 Å². The molecule has 0 aromatic carbocycles. The summed E-state index contributed by atoms with van der Waals surface area (Å²) in [6, 6.07) is 4.72. The van der Waals surface area contributed by atoms with E-state index in [-0.39, 0.29) is 0 Å². The van der Waals surface area contributed by atoms with Gasteiger partial charge < -0.3 is 5.32 Å². The fraction of sp³-hybridized carbons (Fsp3) is 0.333. The standard InChI is InChI=1S/C12H13N3S/c1-2-9(6-13-5-1)11-8-16-12(15-11)7-14-10-3-4-10/h1-2,5-6,8,10,14H,3-4,7H2. The van der Waals surface area contributed by atoms with E-state index < -0.39 is 0 Å². The third kappa shape index (κ3) is 2.28. The molecule has 1 saturated carbocycles. The number of nitrogens with zero attached hydrogens (tertiary/aromatic N) is 2. The van der Waals surface area contributed by atoms with Crippen LogP contribution in [0.25, 0.3) is 11.3 Å². The van der Waals surface area contributed by atoms with Gasteiger partial charge in [0.2, 0.25) is 0 Å². The molecule has 1 N–H and O–H groups in total. The molecule has 1 fully saturated rings. The van der Waals surface area contributed by atoms with Gasteiger partial charge in [0.15, 0.2) is 0 Å². The molecule has 2 aromatic rings. The summed E-state index contributed by atoms with van der Waals surface area (Å²) in [6.45, 7) is 0.898. The summed E-state index contributed by atoms with van der Waals surface area (Å²) in [4.78, 5) is 8.70. The molecule has 2 aromatic heterocycles. The van der Waals surface area contributed by atoms with Crippen LogP contribution >= 0.6 is 11.3 Å². The second kappa shape index (κ2) is 4.31. The predicted molar refractivity (Wildman–Crippen MR) is 65.2 cm³/mol. The SMILES string of the molecule is c1cncc(-c2csc(CNC3CC3)n2)c1. The fourth-order valence-corrected chi connectivity index (χ4v) is 2.31. The van der Waals surface area contributed by atoms with Gasteiger partial charge in [0, 0.05) is 35.9 Å². The highest BCUT2D eigenvalue weighted by Gasteiger charge is 2.20. The van der Waals surface area contributed by atoms with Crippen LogP contribution in [0.5, 0.6) is 0 Å². The van der Waals surface area contributed by atoms with Crippen molar-refractivity contribution in [3.05, 3.63) is 34.9 Å². The molecule has 1 aliphatic rings. The third-order valence-corrected chi connectivity index (χ3v) is 3.48. The Morgan fingerprint density at radius 1 is 1.44 bits per heavy atom. The molecule has 0 aliphatic heterocycles. The third-order valence-electron chi connectivity index (χ3n) is 2.63. The Bertz CT molecular complexity index is 462. The van der Waals surface area contributed by atoms with Crippen molar-refractivity contribution in [3.63, 3.8) is 0 Å². The molecule has 1 aliphatic carbocycles. The fourth-order valence-electron chi connectivity index (χ4n) is 1.56. The monoisotopic (exact) mass is 231 g/mol. The van der Waals surface area contributed by atoms with Crippen LogP contribution in [0.1, 0.15) is 17.8 Å². The number of rotatable bonds is 4. The van der Waals surface area contributed by atoms with Crippen LogP contribution in [0.15, 0.2) is 29.9 Å². The van der Waals surface area contributed by atoms with Crippen molar-refractivity contribution in [2.45, 2.75) is 25.4 Å². The first kappa shape index (κ1) is 9.93. The highest BCUT2D eigenvalue weighted by atomic mass is 32.1. The van der Waals surface area contributed by atoms with Gasteiger partial charge >= 0.3 is 0 Å². The number of pyridine rings is 1. The summed E-state index contributed by atoms with van der Waals surface area (Å²) >= 11 is 1.71. The van der Waals surface area contributed by atoms with Gasteiger partial charge in [-0.3, -0.25) is 4.98 Å². The van der Waals surface area contributed by atoms with Crippen molar-refractivity contribution in [3.8, 4) is 11.3 Å². The number of hydrogen-bond acceptors (Lipinski definition) is 4. The highest BCUT2D eigenvalue weighted by Crippen LogP contribution is 2.23. The van der Waals surface area contributed by atoms with Crippen molar-refractivity contribution >= 4 is 11.3 Å². The zero-order chi connectivity index (χ0) is 10.8. The first-order valence-corrected chi connectivity index (χ1v) is 6.38. The molecule has 82 valence electrons. The van der Waals surface area contributed by atoms with Gasteiger partial charge in [-0.25, -0.2) is 4.98 Å². The summed E-state index contributed by atoms with van der Waals surface area (Å²) in [5.41, 5.74) is 2.13. The molecule has 0 saturated heterocycles. The molecule has 3 nitrogen and oxygen atoms in total. The predicted octanol–water partition coefficient (Wildman–Crippen LogP) is 2.46. The van der Waals surface area contributed by atoms with Crippen LogP contribution in [-0.2, 0) is 6.54 Å². The normalized spacial score (nSPS) is 15.2. The highest BCUT2D eigenvalue weighted by molar-refractivity contribution is 7.09. The quantitative estimate of drug-likeness (QED) is 0.878. The first-order valence-electron chi connectivity index (χ1n) is 5.50. The average Bonchev–Trinajstić information content (AvgIpc) is 3.05. The molecule has 3 rings (SSSR count). The lowest BCUT2D eigenvalue weighted by atomic mass is 10.2. The van der Waals surface area contributed by atoms with Gasteiger partial charge in [-0.1, -0.05) is 0 Å². The van der Waals surface area contributed by atoms with E-state index in [1.54, 1.807) is 17.5 Å². The van der Waals surface area contributed by atoms with Crippen molar-refractivity contribution in [1.29, 1.82) is 0 Å². The molecule has 4 heteroatoms. The molecular weight excluding hydrogens is 218 g/mol. The maximum Gasteiger partial charge on any atom is 0.107 e. The number of aromatic nitrogens is 2. The minimum absolute atomic E-state index is 0.741. The second-order valence-electron chi connectivity index (χ2n) is 4.02. The minimum Gasteiger partial charge on any atom is -0.308 e. The molecule has 0 bridgehead atoms. The van der Waals surface area contributed by atoms with Crippen molar-refractivity contribution in [2.24, 2.45) is 0 Å². The zero-order valence-electron chi connectivity index (χ0n) is 8.89. The van der Waals surface area contributed by atoms with Gasteiger partial charge in [-0.2, -0.15) is 0 Å². The maximum absolute atomic E-state index is 4.60. The summed E-state index contributed by atoms with van der Waals surface area (Å²) in [5.74, 6) is 0. The van der Waals surface area contributed by atoms with Gasteiger partial charge in [0.25, 0.3) is 0 Å². The molecule has 16 heavy (non-hydrogen) atoms. The van der Waals surface area contributed by atoms with E-state index in [1.807, 2.05) is 18.3 Å². The first-order chi connectivity index (χ1) is 7.92. The average molecular weight is 231 g/mol. The summed E-state index contributed by atoms with van der Waals surface area (Å²) in [7, 11) is 0. The van der Waals surface area contributed by atoms with E-state index in [0.717, 1.165) is 28.9 Å². The Hall–Kier alpha value is -1.26. The summed E-state index contributed by atoms with van der Waals surface area (Å²) in [6.07, 6.45) is 6.28. The van der Waals surface area contributed by atoms with Crippen LogP contribution in [0, 0.1) is 0 Å². The molecule has 2 heterocycles. The summed E-state index contributed by atoms with van der Waals surface area (Å²) < 4.78 is 0. The van der Waals surface area contributed by atoms with Crippen LogP contribution in [0.3, 0.4) is 0 Å². The van der Waals surface area contributed by atoms with Crippen LogP contribution in [0.4, 0.5) is 0 Å². The number of nitrogens with one attached hydrogen (secondary N) is 1. The van der Waals surface area contributed by atoms with Crippen LogP contribution in [0.2, 0.25) is 0 Å². The number of thiazole rings is 1. The van der Waals surface area contributed by atoms with E-state index in [9.17, 15) is 0 Å². The zero-order valence-corrected chi connectivity index (χ0v) is 9.70. The van der Waals surface area contributed by atoms with Gasteiger partial charge in [0.05, 0.1) is 5.69 Å². The lowest BCUT2D eigenvalue weighted by Gasteiger charge is -1.97. The van der Waals surface area contributed by atoms with Gasteiger partial charge in [0.1, 0.15) is 5.01 Å². The van der Waals surface area contributed by atoms with Crippen molar-refractivity contribution in [2.75, 3.05) is 0 Å². The van der Waals surface area contributed by atoms with E-state index in [2.05, 4.69) is 20.7 Å². The lowest BCUT2D eigenvalue weighted by molar-refractivity contribution is 0.685. The van der Waals surface area contributed by atoms with Gasteiger partial charge in [-0.05, 0) is 25.0 Å². The van der Waals surface area contributed by atoms with Crippen LogP contribution in [-0.4, -0.2) is 16.0 Å². The van der Waals surface area contributed by atoms with Crippen LogP contribution < -0.4 is 5.32 Å². The second-order valence-corrected chi connectivity index (χ2v) is 4.97. The Kier molecular flexibility index (Phi) is 2.68. The van der Waals surface area contributed by atoms with Crippen molar-refractivity contribution in [1.82, 2.24) is 15.3 Å². The van der Waals surface area contributed by atoms with E-state index in [1.165, 1.54) is 12.8 Å². The van der Waals surface area contributed by atoms with E-state index >= 15 is 0 Å². The van der Waals surface area contributed by atoms with Gasteiger partial charge in [-0.15, -0.1) is 11.3 Å². The molecule has 0 unspecified atom stereocenters. The Morgan fingerprint density at radius 2 is 2.38 bits per heavy atom. The molecular formula is C12H13N3S. The maximum atomic E-state index is 4.60.